The highest BCUT2D eigenvalue weighted by atomic mass is 15.1. The largest absolute Gasteiger partial charge is 0.325 e. The van der Waals surface area contributed by atoms with E-state index in [0.717, 1.165) is 29.5 Å². The zero-order valence-electron chi connectivity index (χ0n) is 11.0. The van der Waals surface area contributed by atoms with Crippen LogP contribution in [0.1, 0.15) is 12.1 Å². The molecule has 2 rings (SSSR count). The summed E-state index contributed by atoms with van der Waals surface area (Å²) in [7, 11) is 0. The van der Waals surface area contributed by atoms with Crippen LogP contribution < -0.4 is 5.32 Å². The van der Waals surface area contributed by atoms with E-state index in [1.54, 1.807) is 6.08 Å². The molecule has 0 fully saturated rings. The van der Waals surface area contributed by atoms with Crippen LogP contribution in [0.15, 0.2) is 72.0 Å². The molecule has 3 heteroatoms. The van der Waals surface area contributed by atoms with E-state index in [-0.39, 0.29) is 0 Å². The van der Waals surface area contributed by atoms with Crippen LogP contribution in [0.4, 0.5) is 5.82 Å². The summed E-state index contributed by atoms with van der Waals surface area (Å²) in [5.41, 5.74) is 1.98. The predicted molar refractivity (Wildman–Crippen MR) is 81.2 cm³/mol. The summed E-state index contributed by atoms with van der Waals surface area (Å²) in [5, 5.41) is 3.20. The maximum absolute atomic E-state index is 4.57. The molecule has 0 radical (unpaired) electrons. The van der Waals surface area contributed by atoms with Gasteiger partial charge in [0.25, 0.3) is 0 Å². The van der Waals surface area contributed by atoms with Gasteiger partial charge in [-0.1, -0.05) is 36.9 Å². The molecule has 1 N–H and O–H groups in total. The van der Waals surface area contributed by atoms with Gasteiger partial charge in [0, 0.05) is 17.8 Å². The second-order valence-electron chi connectivity index (χ2n) is 4.17. The zero-order chi connectivity index (χ0) is 13.5. The van der Waals surface area contributed by atoms with Crippen molar-refractivity contribution in [2.75, 3.05) is 5.32 Å². The van der Waals surface area contributed by atoms with Gasteiger partial charge in [-0.3, -0.25) is 0 Å². The van der Waals surface area contributed by atoms with Crippen molar-refractivity contribution in [3.8, 4) is 0 Å². The first-order valence-electron chi connectivity index (χ1n) is 6.22. The van der Waals surface area contributed by atoms with Crippen LogP contribution >= 0.6 is 0 Å². The second kappa shape index (κ2) is 6.50. The predicted octanol–water partition coefficient (Wildman–Crippen LogP) is 3.79. The van der Waals surface area contributed by atoms with Crippen molar-refractivity contribution in [1.29, 1.82) is 0 Å². The highest BCUT2D eigenvalue weighted by Gasteiger charge is 2.00. The Balaban J connectivity index is 2.17. The summed E-state index contributed by atoms with van der Waals surface area (Å²) in [6, 6.07) is 5.84. The second-order valence-corrected chi connectivity index (χ2v) is 4.17. The summed E-state index contributed by atoms with van der Waals surface area (Å²) in [6.45, 7) is 5.68. The van der Waals surface area contributed by atoms with Crippen molar-refractivity contribution in [3.63, 3.8) is 0 Å². The molecule has 19 heavy (non-hydrogen) atoms. The van der Waals surface area contributed by atoms with Crippen LogP contribution in [0, 0.1) is 6.92 Å². The van der Waals surface area contributed by atoms with Crippen molar-refractivity contribution in [2.45, 2.75) is 13.3 Å². The number of aromatic nitrogens is 1. The molecule has 1 aliphatic carbocycles. The van der Waals surface area contributed by atoms with Gasteiger partial charge in [0.05, 0.1) is 0 Å². The number of aryl methyl sites for hydroxylation is 1. The maximum atomic E-state index is 4.57. The first kappa shape index (κ1) is 13.0. The topological polar surface area (TPSA) is 37.3 Å². The minimum atomic E-state index is 0.739. The van der Waals surface area contributed by atoms with E-state index in [2.05, 4.69) is 27.9 Å². The number of nitrogens with one attached hydrogen (secondary N) is 1. The van der Waals surface area contributed by atoms with Gasteiger partial charge < -0.3 is 5.32 Å². The monoisotopic (exact) mass is 251 g/mol. The molecule has 0 spiro atoms. The van der Waals surface area contributed by atoms with Crippen LogP contribution in [-0.4, -0.2) is 10.7 Å². The molecule has 1 aromatic heterocycles. The van der Waals surface area contributed by atoms with Gasteiger partial charge in [0.15, 0.2) is 0 Å². The average molecular weight is 251 g/mol. The summed E-state index contributed by atoms with van der Waals surface area (Å²) in [5.74, 6) is 1.52. The molecular formula is C16H17N3. The Hall–Kier alpha value is -2.42. The highest BCUT2D eigenvalue weighted by Crippen LogP contribution is 2.10. The molecule has 1 heterocycles. The van der Waals surface area contributed by atoms with Gasteiger partial charge in [-0.05, 0) is 31.2 Å². The first-order chi connectivity index (χ1) is 9.28. The van der Waals surface area contributed by atoms with Crippen molar-refractivity contribution in [3.05, 3.63) is 72.7 Å². The SMILES string of the molecule is C=C/C=C(\N=C1C=CC=CC1)Nc1cccc(C)n1. The Bertz CT molecular complexity index is 577. The standard InChI is InChI=1S/C16H17N3/c1-3-8-15(18-14-10-5-4-6-11-14)19-16-12-7-9-13(2)17-16/h3-10,12H,1,11H2,2H3,(H,17,19)/b15-8+,18-14?. The number of pyridine rings is 1. The van der Waals surface area contributed by atoms with Crippen molar-refractivity contribution >= 4 is 11.5 Å². The molecule has 0 aliphatic heterocycles. The van der Waals surface area contributed by atoms with Crippen LogP contribution in [-0.2, 0) is 0 Å². The summed E-state index contributed by atoms with van der Waals surface area (Å²) in [4.78, 5) is 8.97. The van der Waals surface area contributed by atoms with E-state index >= 15 is 0 Å². The van der Waals surface area contributed by atoms with E-state index in [1.807, 2.05) is 49.4 Å². The lowest BCUT2D eigenvalue weighted by Crippen LogP contribution is -2.03. The Morgan fingerprint density at radius 2 is 2.32 bits per heavy atom. The molecular weight excluding hydrogens is 234 g/mol. The quantitative estimate of drug-likeness (QED) is 0.827. The molecule has 0 unspecified atom stereocenters. The average Bonchev–Trinajstić information content (AvgIpc) is 2.40. The van der Waals surface area contributed by atoms with Gasteiger partial charge in [-0.25, -0.2) is 9.98 Å². The van der Waals surface area contributed by atoms with E-state index in [4.69, 9.17) is 0 Å². The molecule has 96 valence electrons. The lowest BCUT2D eigenvalue weighted by atomic mass is 10.1. The van der Waals surface area contributed by atoms with E-state index < -0.39 is 0 Å². The number of anilines is 1. The highest BCUT2D eigenvalue weighted by molar-refractivity contribution is 5.98. The molecule has 3 nitrogen and oxygen atoms in total. The van der Waals surface area contributed by atoms with Crippen molar-refractivity contribution < 1.29 is 0 Å². The molecule has 0 saturated carbocycles. The lowest BCUT2D eigenvalue weighted by Gasteiger charge is -2.08. The van der Waals surface area contributed by atoms with Gasteiger partial charge in [0.2, 0.25) is 0 Å². The minimum Gasteiger partial charge on any atom is -0.325 e. The van der Waals surface area contributed by atoms with E-state index in [0.29, 0.717) is 0 Å². The lowest BCUT2D eigenvalue weighted by molar-refractivity contribution is 1.16. The summed E-state index contributed by atoms with van der Waals surface area (Å²) in [6.07, 6.45) is 12.5. The minimum absolute atomic E-state index is 0.739. The van der Waals surface area contributed by atoms with E-state index in [1.165, 1.54) is 0 Å². The van der Waals surface area contributed by atoms with Gasteiger partial charge in [-0.15, -0.1) is 0 Å². The van der Waals surface area contributed by atoms with Crippen LogP contribution in [0.2, 0.25) is 0 Å². The molecule has 0 atom stereocenters. The number of nitrogens with zero attached hydrogens (tertiary/aromatic N) is 2. The number of aliphatic imine (C=N–C) groups is 1. The molecule has 0 aromatic carbocycles. The smallest absolute Gasteiger partial charge is 0.131 e. The van der Waals surface area contributed by atoms with Gasteiger partial charge in [0.1, 0.15) is 11.6 Å². The summed E-state index contributed by atoms with van der Waals surface area (Å²) < 4.78 is 0. The van der Waals surface area contributed by atoms with E-state index in [9.17, 15) is 0 Å². The molecule has 0 bridgehead atoms. The van der Waals surface area contributed by atoms with Crippen molar-refractivity contribution in [1.82, 2.24) is 4.98 Å². The molecule has 1 aliphatic rings. The third kappa shape index (κ3) is 4.07. The Labute approximate surface area is 113 Å². The summed E-state index contributed by atoms with van der Waals surface area (Å²) >= 11 is 0. The number of allylic oxidation sites excluding steroid dienone is 6. The van der Waals surface area contributed by atoms with Gasteiger partial charge >= 0.3 is 0 Å². The van der Waals surface area contributed by atoms with Crippen LogP contribution in [0.3, 0.4) is 0 Å². The number of hydrogen-bond donors (Lipinski definition) is 1. The fourth-order valence-electron chi connectivity index (χ4n) is 1.70. The normalized spacial score (nSPS) is 16.7. The number of hydrogen-bond acceptors (Lipinski definition) is 3. The van der Waals surface area contributed by atoms with Crippen molar-refractivity contribution in [2.24, 2.45) is 4.99 Å². The van der Waals surface area contributed by atoms with Crippen LogP contribution in [0.25, 0.3) is 0 Å². The third-order valence-electron chi connectivity index (χ3n) is 2.55. The molecule has 0 saturated heterocycles. The first-order valence-corrected chi connectivity index (χ1v) is 6.22. The third-order valence-corrected chi connectivity index (χ3v) is 2.55. The zero-order valence-corrected chi connectivity index (χ0v) is 11.0. The fraction of sp³-hybridized carbons (Fsp3) is 0.125. The van der Waals surface area contributed by atoms with Gasteiger partial charge in [-0.2, -0.15) is 0 Å². The van der Waals surface area contributed by atoms with Crippen LogP contribution in [0.5, 0.6) is 0 Å². The number of rotatable bonds is 4. The molecule has 0 amide bonds. The molecule has 1 aromatic rings. The Morgan fingerprint density at radius 1 is 1.42 bits per heavy atom. The fourth-order valence-corrected chi connectivity index (χ4v) is 1.70. The maximum Gasteiger partial charge on any atom is 0.131 e. The Morgan fingerprint density at radius 3 is 3.00 bits per heavy atom. The Kier molecular flexibility index (Phi) is 4.45.